The number of rotatable bonds is 5. The zero-order chi connectivity index (χ0) is 21.5. The van der Waals surface area contributed by atoms with Gasteiger partial charge in [0.15, 0.2) is 0 Å². The number of halogens is 1. The van der Waals surface area contributed by atoms with Gasteiger partial charge in [-0.3, -0.25) is 0 Å². The highest BCUT2D eigenvalue weighted by atomic mass is 32.1. The number of ether oxygens (including phenoxy) is 4. The van der Waals surface area contributed by atoms with E-state index in [-0.39, 0.29) is 18.3 Å². The van der Waals surface area contributed by atoms with Crippen molar-refractivity contribution >= 4 is 39.0 Å². The molecule has 1 N–H and O–H groups in total. The number of hydrogen-bond acceptors (Lipinski definition) is 9. The lowest BCUT2D eigenvalue weighted by atomic mass is 10.2. The molecule has 0 unspecified atom stereocenters. The van der Waals surface area contributed by atoms with Crippen LogP contribution < -0.4 is 10.1 Å². The molecule has 3 heterocycles. The number of benzene rings is 1. The first-order valence-electron chi connectivity index (χ1n) is 9.82. The summed E-state index contributed by atoms with van der Waals surface area (Å²) < 4.78 is 36.1. The predicted molar refractivity (Wildman–Crippen MR) is 111 cm³/mol. The van der Waals surface area contributed by atoms with E-state index in [4.69, 9.17) is 18.9 Å². The van der Waals surface area contributed by atoms with E-state index < -0.39 is 11.8 Å². The number of esters is 1. The minimum atomic E-state index is -0.423. The Bertz CT molecular complexity index is 1140. The number of methoxy groups -OCH3 is 1. The molecular formula is C21H20FN3O5S. The lowest BCUT2D eigenvalue weighted by Crippen LogP contribution is -2.16. The second-order valence-electron chi connectivity index (χ2n) is 7.46. The monoisotopic (exact) mass is 445 g/mol. The zero-order valence-corrected chi connectivity index (χ0v) is 17.7. The number of aromatic nitrogens is 2. The van der Waals surface area contributed by atoms with Gasteiger partial charge in [0, 0.05) is 18.9 Å². The molecule has 3 atom stereocenters. The quantitative estimate of drug-likeness (QED) is 0.591. The van der Waals surface area contributed by atoms with Crippen LogP contribution in [-0.4, -0.2) is 48.2 Å². The summed E-state index contributed by atoms with van der Waals surface area (Å²) in [4.78, 5) is 21.8. The molecule has 1 saturated heterocycles. The summed E-state index contributed by atoms with van der Waals surface area (Å²) in [7, 11) is 1.34. The van der Waals surface area contributed by atoms with Gasteiger partial charge in [-0.2, -0.15) is 0 Å². The van der Waals surface area contributed by atoms with Crippen LogP contribution in [0.1, 0.15) is 28.1 Å². The highest BCUT2D eigenvalue weighted by molar-refractivity contribution is 7.20. The molecule has 1 aliphatic carbocycles. The predicted octanol–water partition coefficient (Wildman–Crippen LogP) is 3.95. The SMILES string of the molecule is COC(=O)c1sc2ncnc(Nc3ccc(F)cc3O[C@H]3C[C@@H]4OCO[C@@H]4C3)c2c1C. The molecule has 5 rings (SSSR count). The van der Waals surface area contributed by atoms with Crippen LogP contribution in [0.2, 0.25) is 0 Å². The van der Waals surface area contributed by atoms with Crippen LogP contribution in [0.25, 0.3) is 10.2 Å². The maximum atomic E-state index is 14.0. The molecule has 8 nitrogen and oxygen atoms in total. The Morgan fingerprint density at radius 1 is 1.26 bits per heavy atom. The first-order chi connectivity index (χ1) is 15.0. The van der Waals surface area contributed by atoms with Gasteiger partial charge >= 0.3 is 5.97 Å². The average Bonchev–Trinajstić information content (AvgIpc) is 3.43. The van der Waals surface area contributed by atoms with Crippen molar-refractivity contribution in [3.05, 3.63) is 40.8 Å². The van der Waals surface area contributed by atoms with Crippen LogP contribution in [-0.2, 0) is 14.2 Å². The molecule has 0 radical (unpaired) electrons. The molecule has 0 amide bonds. The van der Waals surface area contributed by atoms with Crippen molar-refractivity contribution in [2.24, 2.45) is 0 Å². The van der Waals surface area contributed by atoms with E-state index in [1.165, 1.54) is 36.9 Å². The van der Waals surface area contributed by atoms with Gasteiger partial charge in [-0.25, -0.2) is 19.2 Å². The molecular weight excluding hydrogens is 425 g/mol. The number of nitrogens with one attached hydrogen (secondary N) is 1. The van der Waals surface area contributed by atoms with Crippen LogP contribution in [0.3, 0.4) is 0 Å². The van der Waals surface area contributed by atoms with Crippen molar-refractivity contribution < 1.29 is 28.1 Å². The van der Waals surface area contributed by atoms with E-state index in [1.807, 2.05) is 6.92 Å². The summed E-state index contributed by atoms with van der Waals surface area (Å²) in [5.41, 5.74) is 1.28. The Kier molecular flexibility index (Phi) is 5.20. The molecule has 1 aliphatic heterocycles. The maximum Gasteiger partial charge on any atom is 0.348 e. The Labute approximate surface area is 181 Å². The molecule has 3 aromatic rings. The number of carbonyl (C=O) groups is 1. The second-order valence-corrected chi connectivity index (χ2v) is 8.45. The number of aryl methyl sites for hydroxylation is 1. The Morgan fingerprint density at radius 3 is 2.77 bits per heavy atom. The van der Waals surface area contributed by atoms with Crippen molar-refractivity contribution in [1.82, 2.24) is 9.97 Å². The smallest absolute Gasteiger partial charge is 0.348 e. The van der Waals surface area contributed by atoms with Crippen molar-refractivity contribution in [3.8, 4) is 5.75 Å². The normalized spacial score (nSPS) is 22.5. The number of thiophene rings is 1. The molecule has 2 aliphatic rings. The fourth-order valence-electron chi connectivity index (χ4n) is 4.04. The first kappa shape index (κ1) is 20.1. The first-order valence-corrected chi connectivity index (χ1v) is 10.6. The summed E-state index contributed by atoms with van der Waals surface area (Å²) in [5, 5.41) is 3.94. The van der Waals surface area contributed by atoms with Gasteiger partial charge in [0.2, 0.25) is 0 Å². The Hall–Kier alpha value is -2.82. The van der Waals surface area contributed by atoms with Gasteiger partial charge in [0.1, 0.15) is 46.3 Å². The molecule has 2 aromatic heterocycles. The van der Waals surface area contributed by atoms with Gasteiger partial charge in [-0.05, 0) is 24.6 Å². The molecule has 2 fully saturated rings. The van der Waals surface area contributed by atoms with E-state index in [9.17, 15) is 9.18 Å². The summed E-state index contributed by atoms with van der Waals surface area (Å²) in [5.74, 6) is 0.0466. The minimum Gasteiger partial charge on any atom is -0.488 e. The van der Waals surface area contributed by atoms with Crippen molar-refractivity contribution in [2.45, 2.75) is 38.1 Å². The number of nitrogens with zero attached hydrogens (tertiary/aromatic N) is 2. The summed E-state index contributed by atoms with van der Waals surface area (Å²) >= 11 is 1.24. The fourth-order valence-corrected chi connectivity index (χ4v) is 5.10. The van der Waals surface area contributed by atoms with Crippen LogP contribution in [0.5, 0.6) is 5.75 Å². The molecule has 0 spiro atoms. The van der Waals surface area contributed by atoms with E-state index in [0.29, 0.717) is 52.0 Å². The van der Waals surface area contributed by atoms with Gasteiger partial charge in [0.05, 0.1) is 30.4 Å². The van der Waals surface area contributed by atoms with Crippen molar-refractivity contribution in [3.63, 3.8) is 0 Å². The zero-order valence-electron chi connectivity index (χ0n) is 16.9. The van der Waals surface area contributed by atoms with E-state index in [1.54, 1.807) is 6.07 Å². The average molecular weight is 445 g/mol. The second kappa shape index (κ2) is 8.03. The third-order valence-corrected chi connectivity index (χ3v) is 6.74. The Morgan fingerprint density at radius 2 is 2.03 bits per heavy atom. The molecule has 31 heavy (non-hydrogen) atoms. The number of carbonyl (C=O) groups excluding carboxylic acids is 1. The van der Waals surface area contributed by atoms with Crippen molar-refractivity contribution in [1.29, 1.82) is 0 Å². The van der Waals surface area contributed by atoms with Crippen molar-refractivity contribution in [2.75, 3.05) is 19.2 Å². The van der Waals surface area contributed by atoms with Gasteiger partial charge in [-0.1, -0.05) is 0 Å². The molecule has 162 valence electrons. The number of hydrogen-bond donors (Lipinski definition) is 1. The highest BCUT2D eigenvalue weighted by Crippen LogP contribution is 2.38. The van der Waals surface area contributed by atoms with Crippen LogP contribution >= 0.6 is 11.3 Å². The third kappa shape index (κ3) is 3.71. The topological polar surface area (TPSA) is 91.8 Å². The van der Waals surface area contributed by atoms with E-state index >= 15 is 0 Å². The largest absolute Gasteiger partial charge is 0.488 e. The summed E-state index contributed by atoms with van der Waals surface area (Å²) in [6.07, 6.45) is 2.67. The van der Waals surface area contributed by atoms with Crippen LogP contribution in [0.4, 0.5) is 15.9 Å². The fraction of sp³-hybridized carbons (Fsp3) is 0.381. The molecule has 10 heteroatoms. The Balaban J connectivity index is 1.46. The standard InChI is InChI=1S/C21H20FN3O5S/c1-10-17-19(23-8-24-20(17)31-18(10)21(26)27-2)25-13-4-3-11(22)5-14(13)30-12-6-15-16(7-12)29-9-28-15/h3-5,8,12,15-16H,6-7,9H2,1-2H3,(H,23,24,25)/t12-,15-,16+. The molecule has 1 saturated carbocycles. The molecule has 0 bridgehead atoms. The van der Waals surface area contributed by atoms with E-state index in [2.05, 4.69) is 15.3 Å². The maximum absolute atomic E-state index is 14.0. The lowest BCUT2D eigenvalue weighted by molar-refractivity contribution is 0.0123. The van der Waals surface area contributed by atoms with Crippen LogP contribution in [0.15, 0.2) is 24.5 Å². The third-order valence-electron chi connectivity index (χ3n) is 5.56. The summed E-state index contributed by atoms with van der Waals surface area (Å²) in [6, 6.07) is 4.30. The number of fused-ring (bicyclic) bond motifs is 2. The highest BCUT2D eigenvalue weighted by Gasteiger charge is 2.41. The van der Waals surface area contributed by atoms with Crippen LogP contribution in [0, 0.1) is 12.7 Å². The van der Waals surface area contributed by atoms with E-state index in [0.717, 1.165) is 5.56 Å². The van der Waals surface area contributed by atoms with Gasteiger partial charge in [-0.15, -0.1) is 11.3 Å². The molecule has 1 aromatic carbocycles. The summed E-state index contributed by atoms with van der Waals surface area (Å²) in [6.45, 7) is 2.13. The minimum absolute atomic E-state index is 0.0154. The lowest BCUT2D eigenvalue weighted by Gasteiger charge is -2.18. The van der Waals surface area contributed by atoms with Gasteiger partial charge < -0.3 is 24.3 Å². The van der Waals surface area contributed by atoms with Gasteiger partial charge in [0.25, 0.3) is 0 Å². The number of anilines is 2.